The van der Waals surface area contributed by atoms with Crippen molar-refractivity contribution in [3.63, 3.8) is 0 Å². The van der Waals surface area contributed by atoms with E-state index in [0.29, 0.717) is 24.8 Å². The molecule has 0 bridgehead atoms. The largest absolute Gasteiger partial charge is 0.214 e. The Morgan fingerprint density at radius 1 is 1.29 bits per heavy atom. The van der Waals surface area contributed by atoms with Crippen molar-refractivity contribution in [3.05, 3.63) is 0 Å². The zero-order chi connectivity index (χ0) is 12.9. The summed E-state index contributed by atoms with van der Waals surface area (Å²) in [6, 6.07) is 0.287. The summed E-state index contributed by atoms with van der Waals surface area (Å²) in [5, 5.41) is 0. The van der Waals surface area contributed by atoms with Gasteiger partial charge in [0.15, 0.2) is 0 Å². The van der Waals surface area contributed by atoms with Gasteiger partial charge in [-0.2, -0.15) is 4.31 Å². The van der Waals surface area contributed by atoms with Crippen molar-refractivity contribution in [1.29, 1.82) is 0 Å². The summed E-state index contributed by atoms with van der Waals surface area (Å²) in [7, 11) is -3.05. The lowest BCUT2D eigenvalue weighted by molar-refractivity contribution is 0.373. The number of alkyl halides is 1. The van der Waals surface area contributed by atoms with Gasteiger partial charge in [-0.25, -0.2) is 8.42 Å². The minimum absolute atomic E-state index is 0.258. The topological polar surface area (TPSA) is 37.4 Å². The first-order valence-corrected chi connectivity index (χ1v) is 8.67. The van der Waals surface area contributed by atoms with E-state index in [-0.39, 0.29) is 11.8 Å². The monoisotopic (exact) mass is 281 g/mol. The lowest BCUT2D eigenvalue weighted by Gasteiger charge is -2.22. The molecule has 0 aromatic carbocycles. The molecule has 0 spiro atoms. The van der Waals surface area contributed by atoms with Crippen molar-refractivity contribution >= 4 is 21.6 Å². The second-order valence-electron chi connectivity index (χ2n) is 5.24. The maximum atomic E-state index is 12.2. The van der Waals surface area contributed by atoms with Gasteiger partial charge in [0.2, 0.25) is 10.0 Å². The molecular formula is C12H24ClNO2S. The quantitative estimate of drug-likeness (QED) is 0.481. The molecule has 1 rings (SSSR count). The van der Waals surface area contributed by atoms with E-state index in [0.717, 1.165) is 25.7 Å². The third kappa shape index (κ3) is 5.58. The molecule has 0 N–H and O–H groups in total. The Labute approximate surface area is 111 Å². The highest BCUT2D eigenvalue weighted by atomic mass is 35.5. The molecule has 1 aliphatic rings. The maximum Gasteiger partial charge on any atom is 0.214 e. The molecular weight excluding hydrogens is 258 g/mol. The van der Waals surface area contributed by atoms with Crippen LogP contribution in [0.3, 0.4) is 0 Å². The van der Waals surface area contributed by atoms with E-state index >= 15 is 0 Å². The third-order valence-electron chi connectivity index (χ3n) is 3.02. The molecule has 1 aliphatic carbocycles. The van der Waals surface area contributed by atoms with Gasteiger partial charge in [0.1, 0.15) is 0 Å². The van der Waals surface area contributed by atoms with E-state index in [4.69, 9.17) is 11.6 Å². The van der Waals surface area contributed by atoms with E-state index in [2.05, 4.69) is 13.8 Å². The number of hydrogen-bond donors (Lipinski definition) is 0. The van der Waals surface area contributed by atoms with Crippen LogP contribution >= 0.6 is 11.6 Å². The third-order valence-corrected chi connectivity index (χ3v) is 5.29. The van der Waals surface area contributed by atoms with E-state index < -0.39 is 10.0 Å². The molecule has 17 heavy (non-hydrogen) atoms. The van der Waals surface area contributed by atoms with Crippen LogP contribution < -0.4 is 0 Å². The summed E-state index contributed by atoms with van der Waals surface area (Å²) in [5.41, 5.74) is 0. The van der Waals surface area contributed by atoms with Crippen molar-refractivity contribution in [3.8, 4) is 0 Å². The average molecular weight is 282 g/mol. The van der Waals surface area contributed by atoms with Gasteiger partial charge < -0.3 is 0 Å². The maximum absolute atomic E-state index is 12.2. The van der Waals surface area contributed by atoms with Crippen LogP contribution in [0.4, 0.5) is 0 Å². The van der Waals surface area contributed by atoms with Crippen LogP contribution in [0.15, 0.2) is 0 Å². The smallest absolute Gasteiger partial charge is 0.212 e. The van der Waals surface area contributed by atoms with Gasteiger partial charge in [0.25, 0.3) is 0 Å². The minimum Gasteiger partial charge on any atom is -0.212 e. The number of hydrogen-bond acceptors (Lipinski definition) is 2. The molecule has 0 aliphatic heterocycles. The normalized spacial score (nSPS) is 17.0. The number of rotatable bonds is 9. The SMILES string of the molecule is CC(C)CCN(C1CC1)S(=O)(=O)CCCCCl. The van der Waals surface area contributed by atoms with Gasteiger partial charge in [-0.05, 0) is 38.0 Å². The molecule has 0 aromatic heterocycles. The molecule has 0 radical (unpaired) electrons. The zero-order valence-corrected chi connectivity index (χ0v) is 12.4. The highest BCUT2D eigenvalue weighted by Gasteiger charge is 2.36. The van der Waals surface area contributed by atoms with Gasteiger partial charge in [-0.3, -0.25) is 0 Å². The summed E-state index contributed by atoms with van der Waals surface area (Å²) in [6.45, 7) is 4.95. The summed E-state index contributed by atoms with van der Waals surface area (Å²) in [6.07, 6.45) is 4.48. The van der Waals surface area contributed by atoms with Crippen LogP contribution in [0.25, 0.3) is 0 Å². The summed E-state index contributed by atoms with van der Waals surface area (Å²) < 4.78 is 26.1. The minimum atomic E-state index is -3.05. The van der Waals surface area contributed by atoms with Crippen LogP contribution in [-0.2, 0) is 10.0 Å². The standard InChI is InChI=1S/C12H24ClNO2S/c1-11(2)7-9-14(12-5-6-12)17(15,16)10-4-3-8-13/h11-12H,3-10H2,1-2H3. The molecule has 102 valence electrons. The number of halogens is 1. The van der Waals surface area contributed by atoms with Crippen molar-refractivity contribution in [2.45, 2.75) is 52.0 Å². The van der Waals surface area contributed by atoms with Crippen LogP contribution in [0, 0.1) is 5.92 Å². The number of sulfonamides is 1. The predicted molar refractivity (Wildman–Crippen MR) is 72.9 cm³/mol. The summed E-state index contributed by atoms with van der Waals surface area (Å²) >= 11 is 5.58. The van der Waals surface area contributed by atoms with E-state index in [9.17, 15) is 8.42 Å². The fraction of sp³-hybridized carbons (Fsp3) is 1.00. The Kier molecular flexibility index (Phi) is 6.24. The fourth-order valence-corrected chi connectivity index (χ4v) is 3.83. The van der Waals surface area contributed by atoms with Gasteiger partial charge in [0, 0.05) is 18.5 Å². The van der Waals surface area contributed by atoms with Crippen LogP contribution in [0.1, 0.15) is 46.0 Å². The fourth-order valence-electron chi connectivity index (χ4n) is 1.79. The molecule has 3 nitrogen and oxygen atoms in total. The molecule has 1 fully saturated rings. The summed E-state index contributed by atoms with van der Waals surface area (Å²) in [4.78, 5) is 0. The molecule has 0 unspecified atom stereocenters. The van der Waals surface area contributed by atoms with Gasteiger partial charge >= 0.3 is 0 Å². The molecule has 1 saturated carbocycles. The molecule has 0 heterocycles. The molecule has 5 heteroatoms. The Hall–Kier alpha value is 0.200. The second-order valence-corrected chi connectivity index (χ2v) is 7.66. The predicted octanol–water partition coefficient (Wildman–Crippen LogP) is 2.85. The van der Waals surface area contributed by atoms with Gasteiger partial charge in [-0.1, -0.05) is 13.8 Å². The zero-order valence-electron chi connectivity index (χ0n) is 10.9. The Morgan fingerprint density at radius 3 is 2.41 bits per heavy atom. The lowest BCUT2D eigenvalue weighted by atomic mass is 10.1. The van der Waals surface area contributed by atoms with Crippen LogP contribution in [0.2, 0.25) is 0 Å². The van der Waals surface area contributed by atoms with Crippen molar-refractivity contribution < 1.29 is 8.42 Å². The van der Waals surface area contributed by atoms with E-state index in [1.807, 2.05) is 0 Å². The average Bonchev–Trinajstić information content (AvgIpc) is 3.01. The Balaban J connectivity index is 2.49. The van der Waals surface area contributed by atoms with Crippen molar-refractivity contribution in [2.75, 3.05) is 18.2 Å². The van der Waals surface area contributed by atoms with Crippen LogP contribution in [0.5, 0.6) is 0 Å². The van der Waals surface area contributed by atoms with E-state index in [1.54, 1.807) is 4.31 Å². The molecule has 0 saturated heterocycles. The highest BCUT2D eigenvalue weighted by Crippen LogP contribution is 2.30. The molecule has 0 atom stereocenters. The van der Waals surface area contributed by atoms with Gasteiger partial charge in [0.05, 0.1) is 5.75 Å². The molecule has 0 aromatic rings. The number of unbranched alkanes of at least 4 members (excludes halogenated alkanes) is 1. The number of nitrogens with zero attached hydrogens (tertiary/aromatic N) is 1. The Morgan fingerprint density at radius 2 is 1.94 bits per heavy atom. The first-order valence-electron chi connectivity index (χ1n) is 6.53. The first-order chi connectivity index (χ1) is 7.97. The summed E-state index contributed by atoms with van der Waals surface area (Å²) in [5.74, 6) is 1.36. The van der Waals surface area contributed by atoms with Crippen LogP contribution in [-0.4, -0.2) is 36.9 Å². The molecule has 0 amide bonds. The first kappa shape index (κ1) is 15.3. The highest BCUT2D eigenvalue weighted by molar-refractivity contribution is 7.89. The lowest BCUT2D eigenvalue weighted by Crippen LogP contribution is -2.36. The van der Waals surface area contributed by atoms with Crippen molar-refractivity contribution in [1.82, 2.24) is 4.31 Å². The van der Waals surface area contributed by atoms with Crippen molar-refractivity contribution in [2.24, 2.45) is 5.92 Å². The second kappa shape index (κ2) is 6.95. The van der Waals surface area contributed by atoms with Gasteiger partial charge in [-0.15, -0.1) is 11.6 Å². The van der Waals surface area contributed by atoms with E-state index in [1.165, 1.54) is 0 Å². The Bertz CT molecular complexity index is 312.